The molecule has 0 bridgehead atoms. The molecule has 1 N–H and O–H groups in total. The van der Waals surface area contributed by atoms with Gasteiger partial charge in [0, 0.05) is 24.2 Å². The van der Waals surface area contributed by atoms with Gasteiger partial charge in [-0.1, -0.05) is 43.3 Å². The van der Waals surface area contributed by atoms with Crippen molar-refractivity contribution in [1.29, 1.82) is 0 Å². The van der Waals surface area contributed by atoms with E-state index in [0.717, 1.165) is 37.1 Å². The highest BCUT2D eigenvalue weighted by Gasteiger charge is 2.21. The highest BCUT2D eigenvalue weighted by Crippen LogP contribution is 2.26. The predicted molar refractivity (Wildman–Crippen MR) is 112 cm³/mol. The molecule has 2 heterocycles. The summed E-state index contributed by atoms with van der Waals surface area (Å²) in [6.45, 7) is 3.96. The molecule has 1 saturated heterocycles. The molecule has 144 valence electrons. The number of para-hydroxylation sites is 1. The molecular weight excluding hydrogens is 352 g/mol. The molecule has 1 aromatic heterocycles. The number of hydrogen-bond acceptors (Lipinski definition) is 4. The summed E-state index contributed by atoms with van der Waals surface area (Å²) in [4.78, 5) is 27.6. The summed E-state index contributed by atoms with van der Waals surface area (Å²) in [6, 6.07) is 16.7. The Hall–Kier alpha value is -3.15. The summed E-state index contributed by atoms with van der Waals surface area (Å²) in [7, 11) is 0. The molecule has 6 nitrogen and oxygen atoms in total. The number of anilines is 2. The van der Waals surface area contributed by atoms with Crippen LogP contribution in [-0.4, -0.2) is 28.8 Å². The van der Waals surface area contributed by atoms with E-state index in [0.29, 0.717) is 17.0 Å². The minimum absolute atomic E-state index is 0.115. The summed E-state index contributed by atoms with van der Waals surface area (Å²) in [5, 5.41) is 8.86. The van der Waals surface area contributed by atoms with Crippen LogP contribution in [0.25, 0.3) is 10.8 Å². The van der Waals surface area contributed by atoms with Gasteiger partial charge in [0.25, 0.3) is 5.56 Å². The van der Waals surface area contributed by atoms with E-state index in [1.54, 1.807) is 6.07 Å². The van der Waals surface area contributed by atoms with Crippen LogP contribution >= 0.6 is 0 Å². The minimum Gasteiger partial charge on any atom is -0.355 e. The third kappa shape index (κ3) is 3.76. The topological polar surface area (TPSA) is 67.2 Å². The van der Waals surface area contributed by atoms with Gasteiger partial charge in [-0.05, 0) is 37.0 Å². The van der Waals surface area contributed by atoms with Gasteiger partial charge in [0.1, 0.15) is 6.54 Å². The summed E-state index contributed by atoms with van der Waals surface area (Å²) in [5.41, 5.74) is 0.458. The van der Waals surface area contributed by atoms with Crippen LogP contribution in [0, 0.1) is 5.92 Å². The highest BCUT2D eigenvalue weighted by atomic mass is 16.2. The van der Waals surface area contributed by atoms with Crippen LogP contribution in [0.15, 0.2) is 59.4 Å². The van der Waals surface area contributed by atoms with Gasteiger partial charge in [-0.2, -0.15) is 5.10 Å². The molecule has 0 unspecified atom stereocenters. The van der Waals surface area contributed by atoms with E-state index in [-0.39, 0.29) is 18.0 Å². The summed E-state index contributed by atoms with van der Waals surface area (Å²) in [5.74, 6) is 1.22. The fourth-order valence-corrected chi connectivity index (χ4v) is 3.64. The number of fused-ring (bicyclic) bond motifs is 1. The molecule has 28 heavy (non-hydrogen) atoms. The Morgan fingerprint density at radius 3 is 2.39 bits per heavy atom. The lowest BCUT2D eigenvalue weighted by molar-refractivity contribution is -0.117. The lowest BCUT2D eigenvalue weighted by Gasteiger charge is -2.32. The molecule has 1 amide bonds. The molecule has 6 heteroatoms. The maximum absolute atomic E-state index is 12.9. The molecular formula is C22H24N4O2. The van der Waals surface area contributed by atoms with Crippen molar-refractivity contribution in [3.8, 4) is 0 Å². The molecule has 1 fully saturated rings. The second-order valence-corrected chi connectivity index (χ2v) is 7.42. The van der Waals surface area contributed by atoms with E-state index in [2.05, 4.69) is 22.2 Å². The molecule has 0 atom stereocenters. The normalized spacial score (nSPS) is 15.0. The van der Waals surface area contributed by atoms with Crippen molar-refractivity contribution >= 4 is 28.2 Å². The number of hydrogen-bond donors (Lipinski definition) is 1. The fourth-order valence-electron chi connectivity index (χ4n) is 3.64. The van der Waals surface area contributed by atoms with Gasteiger partial charge in [0.15, 0.2) is 5.82 Å². The Balaban J connectivity index is 1.67. The van der Waals surface area contributed by atoms with Crippen LogP contribution in [0.5, 0.6) is 0 Å². The largest absolute Gasteiger partial charge is 0.355 e. The Labute approximate surface area is 163 Å². The van der Waals surface area contributed by atoms with Gasteiger partial charge < -0.3 is 10.2 Å². The summed E-state index contributed by atoms with van der Waals surface area (Å²) < 4.78 is 1.29. The molecule has 0 aliphatic carbocycles. The van der Waals surface area contributed by atoms with Gasteiger partial charge in [-0.25, -0.2) is 4.68 Å². The Kier molecular flexibility index (Phi) is 5.10. The van der Waals surface area contributed by atoms with Crippen molar-refractivity contribution in [2.75, 3.05) is 23.3 Å². The predicted octanol–water partition coefficient (Wildman–Crippen LogP) is 3.27. The molecule has 4 rings (SSSR count). The van der Waals surface area contributed by atoms with Crippen LogP contribution in [0.4, 0.5) is 11.5 Å². The fraction of sp³-hybridized carbons (Fsp3) is 0.318. The van der Waals surface area contributed by atoms with E-state index in [9.17, 15) is 9.59 Å². The number of rotatable bonds is 4. The second kappa shape index (κ2) is 7.84. The first-order chi connectivity index (χ1) is 13.6. The van der Waals surface area contributed by atoms with Gasteiger partial charge in [-0.15, -0.1) is 0 Å². The number of benzene rings is 2. The molecule has 0 radical (unpaired) electrons. The van der Waals surface area contributed by atoms with E-state index in [1.165, 1.54) is 4.68 Å². The van der Waals surface area contributed by atoms with Crippen LogP contribution in [0.2, 0.25) is 0 Å². The quantitative estimate of drug-likeness (QED) is 0.759. The van der Waals surface area contributed by atoms with Crippen molar-refractivity contribution in [3.63, 3.8) is 0 Å². The average Bonchev–Trinajstić information content (AvgIpc) is 2.72. The Morgan fingerprint density at radius 2 is 1.68 bits per heavy atom. The zero-order valence-corrected chi connectivity index (χ0v) is 16.0. The van der Waals surface area contributed by atoms with Crippen molar-refractivity contribution in [2.45, 2.75) is 26.3 Å². The van der Waals surface area contributed by atoms with Gasteiger partial charge in [-0.3, -0.25) is 9.59 Å². The first kappa shape index (κ1) is 18.2. The molecule has 0 saturated carbocycles. The van der Waals surface area contributed by atoms with Gasteiger partial charge in [0.05, 0.1) is 5.39 Å². The average molecular weight is 376 g/mol. The number of nitrogens with one attached hydrogen (secondary N) is 1. The van der Waals surface area contributed by atoms with E-state index < -0.39 is 0 Å². The van der Waals surface area contributed by atoms with Gasteiger partial charge in [0.2, 0.25) is 5.91 Å². The number of piperidine rings is 1. The first-order valence-electron chi connectivity index (χ1n) is 9.71. The van der Waals surface area contributed by atoms with Crippen LogP contribution in [0.3, 0.4) is 0 Å². The number of aromatic nitrogens is 2. The number of carbonyl (C=O) groups excluding carboxylic acids is 1. The third-order valence-electron chi connectivity index (χ3n) is 5.28. The van der Waals surface area contributed by atoms with E-state index in [4.69, 9.17) is 0 Å². The monoisotopic (exact) mass is 376 g/mol. The zero-order chi connectivity index (χ0) is 19.5. The number of nitrogens with zero attached hydrogens (tertiary/aromatic N) is 3. The smallest absolute Gasteiger partial charge is 0.275 e. The van der Waals surface area contributed by atoms with Gasteiger partial charge >= 0.3 is 0 Å². The second-order valence-electron chi connectivity index (χ2n) is 7.42. The molecule has 1 aliphatic rings. The number of amides is 1. The van der Waals surface area contributed by atoms with Crippen molar-refractivity contribution < 1.29 is 4.79 Å². The summed E-state index contributed by atoms with van der Waals surface area (Å²) >= 11 is 0. The Morgan fingerprint density at radius 1 is 1.04 bits per heavy atom. The Bertz CT molecular complexity index is 1040. The third-order valence-corrected chi connectivity index (χ3v) is 5.28. The molecule has 3 aromatic rings. The number of carbonyl (C=O) groups is 1. The van der Waals surface area contributed by atoms with E-state index >= 15 is 0 Å². The van der Waals surface area contributed by atoms with E-state index in [1.807, 2.05) is 48.5 Å². The molecule has 1 aliphatic heterocycles. The van der Waals surface area contributed by atoms with Crippen LogP contribution in [0.1, 0.15) is 19.8 Å². The highest BCUT2D eigenvalue weighted by molar-refractivity contribution is 5.93. The minimum atomic E-state index is -0.269. The maximum atomic E-state index is 12.9. The zero-order valence-electron chi connectivity index (χ0n) is 16.0. The van der Waals surface area contributed by atoms with Crippen LogP contribution < -0.4 is 15.8 Å². The lowest BCUT2D eigenvalue weighted by atomic mass is 9.99. The van der Waals surface area contributed by atoms with Crippen molar-refractivity contribution in [1.82, 2.24) is 9.78 Å². The molecule has 0 spiro atoms. The first-order valence-corrected chi connectivity index (χ1v) is 9.71. The molecule has 2 aromatic carbocycles. The maximum Gasteiger partial charge on any atom is 0.275 e. The lowest BCUT2D eigenvalue weighted by Crippen LogP contribution is -2.37. The summed E-state index contributed by atoms with van der Waals surface area (Å²) in [6.07, 6.45) is 2.20. The van der Waals surface area contributed by atoms with Crippen molar-refractivity contribution in [3.05, 3.63) is 65.0 Å². The van der Waals surface area contributed by atoms with Crippen LogP contribution in [-0.2, 0) is 11.3 Å². The standard InChI is InChI=1S/C22H24N4O2/c1-16-11-13-25(14-12-16)21-18-9-5-6-10-19(18)22(28)26(24-21)15-20(27)23-17-7-3-2-4-8-17/h2-10,16H,11-15H2,1H3,(H,23,27). The SMILES string of the molecule is CC1CCN(c2nn(CC(=O)Nc3ccccc3)c(=O)c3ccccc23)CC1. The van der Waals surface area contributed by atoms with Crippen molar-refractivity contribution in [2.24, 2.45) is 5.92 Å².